The van der Waals surface area contributed by atoms with Crippen LogP contribution in [0.5, 0.6) is 0 Å². The number of ether oxygens (including phenoxy) is 1. The van der Waals surface area contributed by atoms with Gasteiger partial charge in [-0.15, -0.1) is 0 Å². The van der Waals surface area contributed by atoms with Crippen molar-refractivity contribution in [1.29, 1.82) is 0 Å². The summed E-state index contributed by atoms with van der Waals surface area (Å²) < 4.78 is 4.98. The first kappa shape index (κ1) is 17.0. The average Bonchev–Trinajstić information content (AvgIpc) is 2.48. The molecular formula is C17H17ClN2O3. The molecule has 1 aromatic heterocycles. The van der Waals surface area contributed by atoms with Crippen LogP contribution in [-0.2, 0) is 9.53 Å². The molecule has 0 aliphatic carbocycles. The molecule has 0 saturated carbocycles. The summed E-state index contributed by atoms with van der Waals surface area (Å²) in [6, 6.07) is 6.82. The van der Waals surface area contributed by atoms with E-state index in [1.807, 2.05) is 32.9 Å². The van der Waals surface area contributed by atoms with Crippen molar-refractivity contribution in [2.75, 3.05) is 11.9 Å². The van der Waals surface area contributed by atoms with E-state index in [4.69, 9.17) is 16.3 Å². The molecule has 0 fully saturated rings. The maximum Gasteiger partial charge on any atom is 0.338 e. The zero-order valence-electron chi connectivity index (χ0n) is 13.1. The minimum atomic E-state index is -0.623. The van der Waals surface area contributed by atoms with Crippen LogP contribution in [0, 0.1) is 20.8 Å². The largest absolute Gasteiger partial charge is 0.452 e. The Labute approximate surface area is 139 Å². The van der Waals surface area contributed by atoms with Crippen LogP contribution in [0.2, 0.25) is 5.15 Å². The molecule has 1 amide bonds. The van der Waals surface area contributed by atoms with E-state index < -0.39 is 11.9 Å². The summed E-state index contributed by atoms with van der Waals surface area (Å²) in [7, 11) is 0. The van der Waals surface area contributed by atoms with Gasteiger partial charge >= 0.3 is 5.97 Å². The Morgan fingerprint density at radius 2 is 1.83 bits per heavy atom. The number of halogens is 1. The van der Waals surface area contributed by atoms with Gasteiger partial charge in [0.15, 0.2) is 6.61 Å². The monoisotopic (exact) mass is 332 g/mol. The van der Waals surface area contributed by atoms with Gasteiger partial charge in [0.2, 0.25) is 0 Å². The molecule has 0 radical (unpaired) electrons. The highest BCUT2D eigenvalue weighted by molar-refractivity contribution is 6.29. The van der Waals surface area contributed by atoms with Crippen LogP contribution in [-0.4, -0.2) is 23.5 Å². The van der Waals surface area contributed by atoms with Gasteiger partial charge in [-0.25, -0.2) is 9.78 Å². The first-order chi connectivity index (χ1) is 10.9. The van der Waals surface area contributed by atoms with Crippen LogP contribution in [0.15, 0.2) is 30.5 Å². The molecule has 6 heteroatoms. The smallest absolute Gasteiger partial charge is 0.338 e. The molecular weight excluding hydrogens is 316 g/mol. The van der Waals surface area contributed by atoms with Gasteiger partial charge < -0.3 is 10.1 Å². The van der Waals surface area contributed by atoms with Crippen molar-refractivity contribution in [3.8, 4) is 0 Å². The summed E-state index contributed by atoms with van der Waals surface area (Å²) in [4.78, 5) is 27.6. The minimum absolute atomic E-state index is 0.190. The number of esters is 1. The lowest BCUT2D eigenvalue weighted by molar-refractivity contribution is -0.119. The number of nitrogens with zero attached hydrogens (tertiary/aromatic N) is 1. The number of carbonyl (C=O) groups excluding carboxylic acids is 2. The predicted molar refractivity (Wildman–Crippen MR) is 88.8 cm³/mol. The molecule has 1 heterocycles. The zero-order chi connectivity index (χ0) is 17.0. The molecule has 1 aromatic carbocycles. The van der Waals surface area contributed by atoms with Gasteiger partial charge in [-0.1, -0.05) is 29.3 Å². The van der Waals surface area contributed by atoms with Crippen LogP contribution in [0.4, 0.5) is 5.69 Å². The van der Waals surface area contributed by atoms with E-state index in [9.17, 15) is 9.59 Å². The first-order valence-corrected chi connectivity index (χ1v) is 7.41. The SMILES string of the molecule is Cc1cc(C)c(NC(=O)COC(=O)c2ccnc(Cl)c2)c(C)c1. The van der Waals surface area contributed by atoms with Crippen molar-refractivity contribution < 1.29 is 14.3 Å². The fraction of sp³-hybridized carbons (Fsp3) is 0.235. The maximum atomic E-state index is 12.0. The lowest BCUT2D eigenvalue weighted by Gasteiger charge is -2.13. The number of rotatable bonds is 4. The van der Waals surface area contributed by atoms with Crippen LogP contribution < -0.4 is 5.32 Å². The van der Waals surface area contributed by atoms with E-state index in [1.54, 1.807) is 0 Å². The van der Waals surface area contributed by atoms with Gasteiger partial charge in [0.1, 0.15) is 5.15 Å². The molecule has 0 bridgehead atoms. The lowest BCUT2D eigenvalue weighted by atomic mass is 10.1. The van der Waals surface area contributed by atoms with Crippen molar-refractivity contribution in [2.45, 2.75) is 20.8 Å². The summed E-state index contributed by atoms with van der Waals surface area (Å²) in [6.07, 6.45) is 1.40. The van der Waals surface area contributed by atoms with E-state index in [0.717, 1.165) is 22.4 Å². The minimum Gasteiger partial charge on any atom is -0.452 e. The normalized spacial score (nSPS) is 10.3. The van der Waals surface area contributed by atoms with Crippen molar-refractivity contribution >= 4 is 29.2 Å². The van der Waals surface area contributed by atoms with Gasteiger partial charge in [-0.2, -0.15) is 0 Å². The lowest BCUT2D eigenvalue weighted by Crippen LogP contribution is -2.22. The standard InChI is InChI=1S/C17H17ClN2O3/c1-10-6-11(2)16(12(3)7-10)20-15(21)9-23-17(22)13-4-5-19-14(18)8-13/h4-8H,9H2,1-3H3,(H,20,21). The van der Waals surface area contributed by atoms with E-state index in [2.05, 4.69) is 10.3 Å². The summed E-state index contributed by atoms with van der Waals surface area (Å²) in [5.74, 6) is -1.02. The highest BCUT2D eigenvalue weighted by Gasteiger charge is 2.13. The molecule has 0 aliphatic heterocycles. The maximum absolute atomic E-state index is 12.0. The third-order valence-electron chi connectivity index (χ3n) is 3.24. The highest BCUT2D eigenvalue weighted by Crippen LogP contribution is 2.21. The first-order valence-electron chi connectivity index (χ1n) is 7.03. The predicted octanol–water partition coefficient (Wildman–Crippen LogP) is 3.46. The quantitative estimate of drug-likeness (QED) is 0.687. The van der Waals surface area contributed by atoms with Gasteiger partial charge in [0, 0.05) is 11.9 Å². The molecule has 1 N–H and O–H groups in total. The summed E-state index contributed by atoms with van der Waals surface area (Å²) in [5, 5.41) is 2.96. The number of anilines is 1. The van der Waals surface area contributed by atoms with Crippen molar-refractivity contribution in [2.24, 2.45) is 0 Å². The van der Waals surface area contributed by atoms with E-state index >= 15 is 0 Å². The second-order valence-electron chi connectivity index (χ2n) is 5.27. The number of pyridine rings is 1. The van der Waals surface area contributed by atoms with E-state index in [1.165, 1.54) is 18.3 Å². The van der Waals surface area contributed by atoms with Crippen LogP contribution >= 0.6 is 11.6 Å². The van der Waals surface area contributed by atoms with Crippen molar-refractivity contribution in [3.63, 3.8) is 0 Å². The van der Waals surface area contributed by atoms with Crippen LogP contribution in [0.1, 0.15) is 27.0 Å². The number of carbonyl (C=O) groups is 2. The Hall–Kier alpha value is -2.40. The fourth-order valence-electron chi connectivity index (χ4n) is 2.30. The van der Waals surface area contributed by atoms with Crippen molar-refractivity contribution in [3.05, 3.63) is 57.9 Å². The number of aromatic nitrogens is 1. The summed E-state index contributed by atoms with van der Waals surface area (Å²) in [5.41, 5.74) is 4.04. The molecule has 0 aliphatic rings. The average molecular weight is 333 g/mol. The number of benzene rings is 1. The van der Waals surface area contributed by atoms with Gasteiger partial charge in [0.25, 0.3) is 5.91 Å². The molecule has 120 valence electrons. The Kier molecular flexibility index (Phi) is 5.34. The summed E-state index contributed by atoms with van der Waals surface area (Å²) >= 11 is 5.71. The van der Waals surface area contributed by atoms with Crippen molar-refractivity contribution in [1.82, 2.24) is 4.98 Å². The third-order valence-corrected chi connectivity index (χ3v) is 3.44. The number of amides is 1. The Balaban J connectivity index is 1.97. The Morgan fingerprint density at radius 1 is 1.17 bits per heavy atom. The molecule has 5 nitrogen and oxygen atoms in total. The molecule has 0 saturated heterocycles. The second kappa shape index (κ2) is 7.24. The number of aryl methyl sites for hydroxylation is 3. The Bertz CT molecular complexity index is 736. The topological polar surface area (TPSA) is 68.3 Å². The third kappa shape index (κ3) is 4.53. The highest BCUT2D eigenvalue weighted by atomic mass is 35.5. The fourth-order valence-corrected chi connectivity index (χ4v) is 2.47. The summed E-state index contributed by atoms with van der Waals surface area (Å²) in [6.45, 7) is 5.46. The molecule has 2 rings (SSSR count). The number of nitrogens with one attached hydrogen (secondary N) is 1. The molecule has 0 spiro atoms. The number of hydrogen-bond acceptors (Lipinski definition) is 4. The molecule has 23 heavy (non-hydrogen) atoms. The molecule has 2 aromatic rings. The molecule has 0 atom stereocenters. The van der Waals surface area contributed by atoms with E-state index in [-0.39, 0.29) is 17.3 Å². The van der Waals surface area contributed by atoms with Gasteiger partial charge in [-0.3, -0.25) is 4.79 Å². The second-order valence-corrected chi connectivity index (χ2v) is 5.65. The van der Waals surface area contributed by atoms with Crippen LogP contribution in [0.3, 0.4) is 0 Å². The van der Waals surface area contributed by atoms with Gasteiger partial charge in [0.05, 0.1) is 5.56 Å². The number of hydrogen-bond donors (Lipinski definition) is 1. The van der Waals surface area contributed by atoms with Gasteiger partial charge in [-0.05, 0) is 44.0 Å². The Morgan fingerprint density at radius 3 is 2.43 bits per heavy atom. The van der Waals surface area contributed by atoms with E-state index in [0.29, 0.717) is 0 Å². The zero-order valence-corrected chi connectivity index (χ0v) is 13.9. The van der Waals surface area contributed by atoms with Crippen LogP contribution in [0.25, 0.3) is 0 Å². The molecule has 0 unspecified atom stereocenters.